The second-order valence-corrected chi connectivity index (χ2v) is 4.95. The zero-order valence-corrected chi connectivity index (χ0v) is 10.9. The van der Waals surface area contributed by atoms with Crippen molar-refractivity contribution >= 4 is 11.0 Å². The standard InChI is InChI=1S/C14H19N3O/c1-3-15-13-8-18-7-10(13)14-16-11-5-4-9(2)6-12(11)17-14/h4-6,10,13,15H,3,7-8H2,1-2H3,(H,16,17). The first-order valence-corrected chi connectivity index (χ1v) is 6.55. The highest BCUT2D eigenvalue weighted by Gasteiger charge is 2.31. The monoisotopic (exact) mass is 245 g/mol. The van der Waals surface area contributed by atoms with Crippen LogP contribution in [0.15, 0.2) is 18.2 Å². The Balaban J connectivity index is 1.93. The van der Waals surface area contributed by atoms with E-state index in [-0.39, 0.29) is 0 Å². The second-order valence-electron chi connectivity index (χ2n) is 4.95. The van der Waals surface area contributed by atoms with Gasteiger partial charge in [-0.2, -0.15) is 0 Å². The Hall–Kier alpha value is -1.39. The lowest BCUT2D eigenvalue weighted by Crippen LogP contribution is -2.34. The number of aromatic amines is 1. The third-order valence-electron chi connectivity index (χ3n) is 3.55. The number of H-pyrrole nitrogens is 1. The first-order chi connectivity index (χ1) is 8.78. The fourth-order valence-corrected chi connectivity index (χ4v) is 2.61. The van der Waals surface area contributed by atoms with Crippen LogP contribution in [0.5, 0.6) is 0 Å². The third kappa shape index (κ3) is 2.02. The van der Waals surface area contributed by atoms with Crippen LogP contribution in [0.1, 0.15) is 24.2 Å². The van der Waals surface area contributed by atoms with E-state index in [1.54, 1.807) is 0 Å². The van der Waals surface area contributed by atoms with E-state index in [1.165, 1.54) is 5.56 Å². The van der Waals surface area contributed by atoms with Crippen LogP contribution in [0.3, 0.4) is 0 Å². The van der Waals surface area contributed by atoms with Gasteiger partial charge >= 0.3 is 0 Å². The zero-order valence-electron chi connectivity index (χ0n) is 10.9. The lowest BCUT2D eigenvalue weighted by Gasteiger charge is -2.15. The molecule has 18 heavy (non-hydrogen) atoms. The Kier molecular flexibility index (Phi) is 3.06. The largest absolute Gasteiger partial charge is 0.379 e. The molecule has 2 atom stereocenters. The maximum Gasteiger partial charge on any atom is 0.114 e. The number of rotatable bonds is 3. The summed E-state index contributed by atoms with van der Waals surface area (Å²) in [4.78, 5) is 8.13. The van der Waals surface area contributed by atoms with E-state index < -0.39 is 0 Å². The molecule has 3 rings (SSSR count). The summed E-state index contributed by atoms with van der Waals surface area (Å²) in [6.45, 7) is 6.70. The van der Waals surface area contributed by atoms with Crippen molar-refractivity contribution in [1.29, 1.82) is 0 Å². The Morgan fingerprint density at radius 2 is 2.33 bits per heavy atom. The summed E-state index contributed by atoms with van der Waals surface area (Å²) in [7, 11) is 0. The minimum Gasteiger partial charge on any atom is -0.379 e. The zero-order chi connectivity index (χ0) is 12.5. The molecule has 2 aromatic rings. The first kappa shape index (κ1) is 11.7. The number of likely N-dealkylation sites (N-methyl/N-ethyl adjacent to an activating group) is 1. The van der Waals surface area contributed by atoms with E-state index in [1.807, 2.05) is 0 Å². The fourth-order valence-electron chi connectivity index (χ4n) is 2.61. The van der Waals surface area contributed by atoms with Crippen molar-refractivity contribution in [2.45, 2.75) is 25.8 Å². The van der Waals surface area contributed by atoms with Crippen LogP contribution >= 0.6 is 0 Å². The van der Waals surface area contributed by atoms with Crippen molar-refractivity contribution in [3.8, 4) is 0 Å². The van der Waals surface area contributed by atoms with Crippen LogP contribution < -0.4 is 5.32 Å². The molecule has 0 spiro atoms. The molecule has 0 aliphatic carbocycles. The molecule has 2 unspecified atom stereocenters. The minimum atomic E-state index is 0.331. The lowest BCUT2D eigenvalue weighted by molar-refractivity contribution is 0.187. The summed E-state index contributed by atoms with van der Waals surface area (Å²) in [5, 5.41) is 3.46. The lowest BCUT2D eigenvalue weighted by atomic mass is 10.0. The number of nitrogens with one attached hydrogen (secondary N) is 2. The van der Waals surface area contributed by atoms with Gasteiger partial charge in [-0.3, -0.25) is 0 Å². The van der Waals surface area contributed by atoms with Crippen LogP contribution in [-0.4, -0.2) is 35.8 Å². The molecule has 96 valence electrons. The number of ether oxygens (including phenoxy) is 1. The topological polar surface area (TPSA) is 49.9 Å². The molecule has 4 nitrogen and oxygen atoms in total. The molecule has 4 heteroatoms. The number of fused-ring (bicyclic) bond motifs is 1. The van der Waals surface area contributed by atoms with Gasteiger partial charge in [-0.1, -0.05) is 13.0 Å². The van der Waals surface area contributed by atoms with Crippen molar-refractivity contribution in [2.24, 2.45) is 0 Å². The first-order valence-electron chi connectivity index (χ1n) is 6.55. The van der Waals surface area contributed by atoms with Gasteiger partial charge in [0.25, 0.3) is 0 Å². The Bertz CT molecular complexity index is 549. The maximum atomic E-state index is 5.57. The quantitative estimate of drug-likeness (QED) is 0.869. The van der Waals surface area contributed by atoms with Gasteiger partial charge in [-0.15, -0.1) is 0 Å². The van der Waals surface area contributed by atoms with Gasteiger partial charge in [0, 0.05) is 6.04 Å². The summed E-state index contributed by atoms with van der Waals surface area (Å²) in [5.41, 5.74) is 3.41. The SMILES string of the molecule is CCNC1COCC1c1nc2ccc(C)cc2[nH]1. The van der Waals surface area contributed by atoms with E-state index in [0.717, 1.165) is 36.6 Å². The molecular weight excluding hydrogens is 226 g/mol. The predicted molar refractivity (Wildman–Crippen MR) is 71.9 cm³/mol. The molecule has 1 aromatic heterocycles. The number of imidazole rings is 1. The van der Waals surface area contributed by atoms with Gasteiger partial charge in [-0.25, -0.2) is 4.98 Å². The number of hydrogen-bond acceptors (Lipinski definition) is 3. The molecule has 0 saturated carbocycles. The minimum absolute atomic E-state index is 0.331. The highest BCUT2D eigenvalue weighted by molar-refractivity contribution is 5.75. The molecule has 1 fully saturated rings. The number of aromatic nitrogens is 2. The van der Waals surface area contributed by atoms with Gasteiger partial charge in [0.05, 0.1) is 30.2 Å². The van der Waals surface area contributed by atoms with Crippen molar-refractivity contribution in [2.75, 3.05) is 19.8 Å². The summed E-state index contributed by atoms with van der Waals surface area (Å²) in [6, 6.07) is 6.68. The average Bonchev–Trinajstić information content (AvgIpc) is 2.94. The molecule has 1 aliphatic rings. The molecule has 0 bridgehead atoms. The molecule has 0 radical (unpaired) electrons. The summed E-state index contributed by atoms with van der Waals surface area (Å²) in [5.74, 6) is 1.37. The second kappa shape index (κ2) is 4.71. The molecule has 1 saturated heterocycles. The van der Waals surface area contributed by atoms with Gasteiger partial charge in [0.15, 0.2) is 0 Å². The molecule has 0 amide bonds. The number of aryl methyl sites for hydroxylation is 1. The normalized spacial score (nSPS) is 23.9. The van der Waals surface area contributed by atoms with Gasteiger partial charge in [-0.05, 0) is 31.2 Å². The highest BCUT2D eigenvalue weighted by Crippen LogP contribution is 2.25. The van der Waals surface area contributed by atoms with Crippen molar-refractivity contribution in [3.63, 3.8) is 0 Å². The van der Waals surface area contributed by atoms with Gasteiger partial charge < -0.3 is 15.0 Å². The Labute approximate surface area is 107 Å². The van der Waals surface area contributed by atoms with Gasteiger partial charge in [0.2, 0.25) is 0 Å². The fraction of sp³-hybridized carbons (Fsp3) is 0.500. The van der Waals surface area contributed by atoms with Crippen LogP contribution in [0.4, 0.5) is 0 Å². The molecule has 2 N–H and O–H groups in total. The number of benzene rings is 1. The van der Waals surface area contributed by atoms with Crippen LogP contribution in [0.25, 0.3) is 11.0 Å². The van der Waals surface area contributed by atoms with Crippen LogP contribution in [0.2, 0.25) is 0 Å². The van der Waals surface area contributed by atoms with E-state index in [9.17, 15) is 0 Å². The molecular formula is C14H19N3O. The summed E-state index contributed by atoms with van der Waals surface area (Å²) >= 11 is 0. The maximum absolute atomic E-state index is 5.57. The van der Waals surface area contributed by atoms with E-state index in [4.69, 9.17) is 9.72 Å². The smallest absolute Gasteiger partial charge is 0.114 e. The Morgan fingerprint density at radius 3 is 3.17 bits per heavy atom. The van der Waals surface area contributed by atoms with Crippen molar-refractivity contribution < 1.29 is 4.74 Å². The average molecular weight is 245 g/mol. The molecule has 1 aromatic carbocycles. The number of hydrogen-bond donors (Lipinski definition) is 2. The summed E-state index contributed by atoms with van der Waals surface area (Å²) < 4.78 is 5.57. The van der Waals surface area contributed by atoms with Crippen LogP contribution in [-0.2, 0) is 4.74 Å². The van der Waals surface area contributed by atoms with Crippen molar-refractivity contribution in [3.05, 3.63) is 29.6 Å². The van der Waals surface area contributed by atoms with Crippen molar-refractivity contribution in [1.82, 2.24) is 15.3 Å². The number of nitrogens with zero attached hydrogens (tertiary/aromatic N) is 1. The highest BCUT2D eigenvalue weighted by atomic mass is 16.5. The summed E-state index contributed by atoms with van der Waals surface area (Å²) in [6.07, 6.45) is 0. The third-order valence-corrected chi connectivity index (χ3v) is 3.55. The molecule has 2 heterocycles. The van der Waals surface area contributed by atoms with Gasteiger partial charge in [0.1, 0.15) is 5.82 Å². The van der Waals surface area contributed by atoms with E-state index in [2.05, 4.69) is 42.3 Å². The van der Waals surface area contributed by atoms with E-state index >= 15 is 0 Å². The molecule has 1 aliphatic heterocycles. The van der Waals surface area contributed by atoms with E-state index in [0.29, 0.717) is 12.0 Å². The van der Waals surface area contributed by atoms with Crippen LogP contribution in [0, 0.1) is 6.92 Å². The Morgan fingerprint density at radius 1 is 1.44 bits per heavy atom. The predicted octanol–water partition coefficient (Wildman–Crippen LogP) is 1.96.